The number of hydrogen-bond acceptors (Lipinski definition) is 2. The molecule has 0 saturated heterocycles. The Kier molecular flexibility index (Phi) is 8.53. The molecule has 0 bridgehead atoms. The second-order valence-corrected chi connectivity index (χ2v) is 23.2. The van der Waals surface area contributed by atoms with Gasteiger partial charge in [-0.15, -0.1) is 0 Å². The zero-order valence-corrected chi connectivity index (χ0v) is 41.8. The van der Waals surface area contributed by atoms with Crippen molar-refractivity contribution in [2.75, 3.05) is 9.80 Å². The molecule has 0 radical (unpaired) electrons. The molecule has 0 fully saturated rings. The van der Waals surface area contributed by atoms with Crippen LogP contribution in [0.2, 0.25) is 0 Å². The normalized spacial score (nSPS) is 15.0. The van der Waals surface area contributed by atoms with Crippen molar-refractivity contribution in [3.63, 3.8) is 0 Å². The number of fused-ring (bicyclic) bond motifs is 20. The average Bonchev–Trinajstić information content (AvgIpc) is 4.09. The zero-order valence-electron chi connectivity index (χ0n) is 41.8. The molecule has 3 heteroatoms. The molecule has 0 amide bonds. The van der Waals surface area contributed by atoms with Gasteiger partial charge in [-0.3, -0.25) is 0 Å². The standard InChI is InChI=1S/C68H57BN2/c1-67(2,3)54-38-56-65(52-32-15-28-46(52)54)70(58-34-17-30-50-44-22-9-7-20-40(44)42-24-11-13-26-48(42)62(50)58)60-36-19-37-61-64(60)69(56)57-39-55(68(4,5)6)47-29-16-33-53(47)66(57)71(61)59-35-18-31-51-45-23-10-8-21-41(45)43-25-12-14-27-49(43)63(51)59/h7-14,17-27,30-31,34-39H,15-16,28-29,32-33H2,1-6H3. The minimum atomic E-state index is -0.0204. The molecule has 11 aromatic carbocycles. The molecule has 0 N–H and O–H groups in total. The highest BCUT2D eigenvalue weighted by Crippen LogP contribution is 2.54. The van der Waals surface area contributed by atoms with Crippen LogP contribution < -0.4 is 26.2 Å². The van der Waals surface area contributed by atoms with E-state index in [-0.39, 0.29) is 17.5 Å². The van der Waals surface area contributed by atoms with Gasteiger partial charge in [-0.2, -0.15) is 0 Å². The van der Waals surface area contributed by atoms with Crippen LogP contribution in [-0.4, -0.2) is 6.71 Å². The lowest BCUT2D eigenvalue weighted by atomic mass is 9.32. The van der Waals surface area contributed by atoms with Crippen molar-refractivity contribution >= 4 is 122 Å². The smallest absolute Gasteiger partial charge is 0.252 e. The minimum absolute atomic E-state index is 0.0204. The van der Waals surface area contributed by atoms with Crippen LogP contribution in [0.1, 0.15) is 87.8 Å². The molecular weight excluding hydrogens is 856 g/mol. The first-order valence-electron chi connectivity index (χ1n) is 26.3. The maximum absolute atomic E-state index is 2.78. The molecule has 11 aromatic rings. The van der Waals surface area contributed by atoms with E-state index in [9.17, 15) is 0 Å². The van der Waals surface area contributed by atoms with Crippen LogP contribution in [0.3, 0.4) is 0 Å². The molecular formula is C68H57BN2. The third-order valence-electron chi connectivity index (χ3n) is 17.3. The van der Waals surface area contributed by atoms with Gasteiger partial charge in [0.25, 0.3) is 6.71 Å². The Bertz CT molecular complexity index is 3810. The van der Waals surface area contributed by atoms with Crippen LogP contribution in [0.5, 0.6) is 0 Å². The number of anilines is 6. The highest BCUT2D eigenvalue weighted by Gasteiger charge is 2.48. The molecule has 71 heavy (non-hydrogen) atoms. The van der Waals surface area contributed by atoms with Gasteiger partial charge in [-0.1, -0.05) is 181 Å². The van der Waals surface area contributed by atoms with Crippen LogP contribution in [0, 0.1) is 0 Å². The molecule has 342 valence electrons. The molecule has 0 saturated carbocycles. The predicted octanol–water partition coefficient (Wildman–Crippen LogP) is 16.3. The van der Waals surface area contributed by atoms with Crippen molar-refractivity contribution in [1.82, 2.24) is 0 Å². The maximum Gasteiger partial charge on any atom is 0.252 e. The van der Waals surface area contributed by atoms with Gasteiger partial charge >= 0.3 is 0 Å². The third kappa shape index (κ3) is 5.61. The first-order valence-corrected chi connectivity index (χ1v) is 26.3. The van der Waals surface area contributed by atoms with Gasteiger partial charge in [0.05, 0.1) is 11.4 Å². The summed E-state index contributed by atoms with van der Waals surface area (Å²) in [5.74, 6) is 0. The quantitative estimate of drug-likeness (QED) is 0.126. The second-order valence-electron chi connectivity index (χ2n) is 23.2. The SMILES string of the molecule is CC(C)(C)c1cc2c(c3c1CCC3)N(c1cccc3c4ccccc4c4ccccc4c13)c1cccc3c1B2c1cc(C(C)(C)C)c2c(c1N3c1cccc3c4ccccc4c4ccccc4c13)CCC2. The molecule has 2 heterocycles. The lowest BCUT2D eigenvalue weighted by Crippen LogP contribution is -2.62. The molecule has 2 aliphatic carbocycles. The van der Waals surface area contributed by atoms with E-state index in [1.165, 1.54) is 139 Å². The first-order chi connectivity index (χ1) is 34.6. The summed E-state index contributed by atoms with van der Waals surface area (Å²) < 4.78 is 0. The van der Waals surface area contributed by atoms with Gasteiger partial charge in [0.1, 0.15) is 0 Å². The average molecular weight is 913 g/mol. The predicted molar refractivity (Wildman–Crippen MR) is 307 cm³/mol. The highest BCUT2D eigenvalue weighted by molar-refractivity contribution is 7.00. The molecule has 0 aromatic heterocycles. The van der Waals surface area contributed by atoms with Crippen molar-refractivity contribution in [2.45, 2.75) is 90.9 Å². The molecule has 0 spiro atoms. The van der Waals surface area contributed by atoms with Crippen LogP contribution in [0.4, 0.5) is 34.1 Å². The van der Waals surface area contributed by atoms with E-state index in [1.807, 2.05) is 0 Å². The van der Waals surface area contributed by atoms with E-state index < -0.39 is 0 Å². The molecule has 2 aliphatic heterocycles. The Labute approximate surface area is 417 Å². The van der Waals surface area contributed by atoms with Crippen LogP contribution in [-0.2, 0) is 36.5 Å². The molecule has 0 unspecified atom stereocenters. The zero-order chi connectivity index (χ0) is 47.7. The number of benzene rings is 11. The lowest BCUT2D eigenvalue weighted by Gasteiger charge is -2.47. The Morgan fingerprint density at radius 1 is 0.338 bits per heavy atom. The largest absolute Gasteiger partial charge is 0.311 e. The summed E-state index contributed by atoms with van der Waals surface area (Å²) >= 11 is 0. The van der Waals surface area contributed by atoms with Crippen LogP contribution in [0.25, 0.3) is 64.6 Å². The van der Waals surface area contributed by atoms with Crippen LogP contribution >= 0.6 is 0 Å². The second kappa shape index (κ2) is 14.6. The Morgan fingerprint density at radius 2 is 0.634 bits per heavy atom. The van der Waals surface area contributed by atoms with Crippen molar-refractivity contribution in [2.24, 2.45) is 0 Å². The Balaban J connectivity index is 1.13. The van der Waals surface area contributed by atoms with Crippen molar-refractivity contribution in [3.05, 3.63) is 197 Å². The molecule has 0 atom stereocenters. The van der Waals surface area contributed by atoms with Crippen molar-refractivity contribution in [1.29, 1.82) is 0 Å². The molecule has 15 rings (SSSR count). The fraction of sp³-hybridized carbons (Fsp3) is 0.206. The van der Waals surface area contributed by atoms with E-state index in [0.29, 0.717) is 0 Å². The lowest BCUT2D eigenvalue weighted by molar-refractivity contribution is 0.584. The van der Waals surface area contributed by atoms with Crippen molar-refractivity contribution in [3.8, 4) is 0 Å². The first kappa shape index (κ1) is 41.4. The Hall–Kier alpha value is -7.36. The maximum atomic E-state index is 2.78. The number of rotatable bonds is 2. The van der Waals surface area contributed by atoms with Gasteiger partial charge in [-0.05, 0) is 177 Å². The monoisotopic (exact) mass is 912 g/mol. The number of hydrogen-bond donors (Lipinski definition) is 0. The van der Waals surface area contributed by atoms with E-state index in [2.05, 4.69) is 215 Å². The van der Waals surface area contributed by atoms with E-state index in [1.54, 1.807) is 22.3 Å². The van der Waals surface area contributed by atoms with Gasteiger partial charge in [0, 0.05) is 33.5 Å². The fourth-order valence-corrected chi connectivity index (χ4v) is 14.6. The summed E-state index contributed by atoms with van der Waals surface area (Å²) in [6, 6.07) is 63.5. The van der Waals surface area contributed by atoms with Gasteiger partial charge < -0.3 is 9.80 Å². The van der Waals surface area contributed by atoms with E-state index in [0.717, 1.165) is 25.7 Å². The summed E-state index contributed by atoms with van der Waals surface area (Å²) in [4.78, 5) is 5.55. The van der Waals surface area contributed by atoms with Crippen LogP contribution in [0.15, 0.2) is 164 Å². The fourth-order valence-electron chi connectivity index (χ4n) is 14.6. The van der Waals surface area contributed by atoms with Gasteiger partial charge in [-0.25, -0.2) is 0 Å². The Morgan fingerprint density at radius 3 is 1.00 bits per heavy atom. The highest BCUT2D eigenvalue weighted by atomic mass is 15.2. The summed E-state index contributed by atoms with van der Waals surface area (Å²) in [6.07, 6.45) is 6.78. The summed E-state index contributed by atoms with van der Waals surface area (Å²) in [5, 5.41) is 15.7. The molecule has 2 nitrogen and oxygen atoms in total. The summed E-state index contributed by atoms with van der Waals surface area (Å²) in [6.45, 7) is 14.7. The van der Waals surface area contributed by atoms with E-state index >= 15 is 0 Å². The molecule has 4 aliphatic rings. The van der Waals surface area contributed by atoms with Gasteiger partial charge in [0.15, 0.2) is 0 Å². The number of nitrogens with zero attached hydrogens (tertiary/aromatic N) is 2. The summed E-state index contributed by atoms with van der Waals surface area (Å²) in [5.41, 5.74) is 21.6. The van der Waals surface area contributed by atoms with Gasteiger partial charge in [0.2, 0.25) is 0 Å². The van der Waals surface area contributed by atoms with Crippen molar-refractivity contribution < 1.29 is 0 Å². The topological polar surface area (TPSA) is 6.48 Å². The van der Waals surface area contributed by atoms with E-state index in [4.69, 9.17) is 0 Å². The summed E-state index contributed by atoms with van der Waals surface area (Å²) in [7, 11) is 0. The minimum Gasteiger partial charge on any atom is -0.311 e. The third-order valence-corrected chi connectivity index (χ3v) is 17.3.